The number of carbonyl (C=O) groups is 2. The predicted octanol–water partition coefficient (Wildman–Crippen LogP) is 5.54. The highest BCUT2D eigenvalue weighted by atomic mass is 79.9. The molecule has 3 rings (SSSR count). The van der Waals surface area contributed by atoms with E-state index in [-0.39, 0.29) is 0 Å². The number of rotatable bonds is 5. The molecule has 0 fully saturated rings. The summed E-state index contributed by atoms with van der Waals surface area (Å²) in [5.41, 5.74) is 10.1. The second-order valence-corrected chi connectivity index (χ2v) is 8.70. The van der Waals surface area contributed by atoms with Crippen LogP contribution in [-0.4, -0.2) is 18.1 Å². The highest BCUT2D eigenvalue weighted by Gasteiger charge is 2.13. The van der Waals surface area contributed by atoms with E-state index in [0.29, 0.717) is 37.1 Å². The first kappa shape index (κ1) is 22.2. The molecular formula is C21H14Br3N3O3. The monoisotopic (exact) mass is 593 g/mol. The summed E-state index contributed by atoms with van der Waals surface area (Å²) in [4.78, 5) is 24.5. The van der Waals surface area contributed by atoms with Gasteiger partial charge in [-0.1, -0.05) is 37.9 Å². The van der Waals surface area contributed by atoms with Crippen LogP contribution in [0.2, 0.25) is 0 Å². The topological polar surface area (TPSA) is 93.8 Å². The number of hydrogen-bond acceptors (Lipinski definition) is 5. The van der Waals surface area contributed by atoms with Crippen molar-refractivity contribution in [2.75, 3.05) is 5.73 Å². The van der Waals surface area contributed by atoms with Gasteiger partial charge in [0.25, 0.3) is 5.91 Å². The minimum absolute atomic E-state index is 0.295. The van der Waals surface area contributed by atoms with Crippen LogP contribution in [0.15, 0.2) is 79.2 Å². The SMILES string of the molecule is Nc1c(Br)cc(Br)cc1C(=O)N/N=C/c1ccc(OC(=O)c2cccc(Br)c2)cc1. The number of carbonyl (C=O) groups excluding carboxylic acids is 2. The van der Waals surface area contributed by atoms with Crippen molar-refractivity contribution < 1.29 is 14.3 Å². The number of hydrogen-bond donors (Lipinski definition) is 2. The van der Waals surface area contributed by atoms with Gasteiger partial charge in [-0.25, -0.2) is 10.2 Å². The van der Waals surface area contributed by atoms with E-state index in [0.717, 1.165) is 4.47 Å². The highest BCUT2D eigenvalue weighted by molar-refractivity contribution is 9.11. The van der Waals surface area contributed by atoms with Gasteiger partial charge in [0.1, 0.15) is 5.75 Å². The van der Waals surface area contributed by atoms with Gasteiger partial charge in [0.2, 0.25) is 0 Å². The molecule has 0 bridgehead atoms. The zero-order valence-corrected chi connectivity index (χ0v) is 20.0. The Morgan fingerprint density at radius 2 is 1.70 bits per heavy atom. The number of hydrazone groups is 1. The molecule has 6 nitrogen and oxygen atoms in total. The first-order chi connectivity index (χ1) is 14.3. The number of halogens is 3. The van der Waals surface area contributed by atoms with Gasteiger partial charge < -0.3 is 10.5 Å². The van der Waals surface area contributed by atoms with Crippen molar-refractivity contribution in [2.24, 2.45) is 5.10 Å². The van der Waals surface area contributed by atoms with Crippen molar-refractivity contribution in [2.45, 2.75) is 0 Å². The predicted molar refractivity (Wildman–Crippen MR) is 127 cm³/mol. The molecule has 0 spiro atoms. The summed E-state index contributed by atoms with van der Waals surface area (Å²) in [6.07, 6.45) is 1.47. The van der Waals surface area contributed by atoms with Gasteiger partial charge in [0.05, 0.1) is 23.0 Å². The standard InChI is InChI=1S/C21H14Br3N3O3/c22-14-3-1-2-13(8-14)21(29)30-16-6-4-12(5-7-16)11-26-27-20(28)17-9-15(23)10-18(24)19(17)25/h1-11H,25H2,(H,27,28)/b26-11+. The molecule has 3 N–H and O–H groups in total. The Morgan fingerprint density at radius 1 is 0.967 bits per heavy atom. The van der Waals surface area contributed by atoms with E-state index in [9.17, 15) is 9.59 Å². The molecule has 152 valence electrons. The van der Waals surface area contributed by atoms with Gasteiger partial charge in [-0.3, -0.25) is 4.79 Å². The number of anilines is 1. The van der Waals surface area contributed by atoms with Crippen molar-refractivity contribution in [3.05, 3.63) is 90.8 Å². The molecule has 0 heterocycles. The van der Waals surface area contributed by atoms with Crippen molar-refractivity contribution in [3.63, 3.8) is 0 Å². The van der Waals surface area contributed by atoms with Crippen LogP contribution in [0, 0.1) is 0 Å². The molecule has 0 aromatic heterocycles. The first-order valence-electron chi connectivity index (χ1n) is 8.49. The Kier molecular flexibility index (Phi) is 7.41. The van der Waals surface area contributed by atoms with Crippen LogP contribution in [0.25, 0.3) is 0 Å². The fourth-order valence-electron chi connectivity index (χ4n) is 2.40. The maximum absolute atomic E-state index is 12.3. The van der Waals surface area contributed by atoms with E-state index >= 15 is 0 Å². The normalized spacial score (nSPS) is 10.8. The molecule has 3 aromatic rings. The summed E-state index contributed by atoms with van der Waals surface area (Å²) in [6.45, 7) is 0. The molecule has 0 aliphatic rings. The number of ether oxygens (including phenoxy) is 1. The first-order valence-corrected chi connectivity index (χ1v) is 10.9. The third-order valence-electron chi connectivity index (χ3n) is 3.87. The Labute approximate surface area is 197 Å². The molecule has 1 amide bonds. The molecule has 0 unspecified atom stereocenters. The molecule has 0 aliphatic heterocycles. The van der Waals surface area contributed by atoms with Crippen LogP contribution in [0.5, 0.6) is 5.75 Å². The second-order valence-electron chi connectivity index (χ2n) is 6.02. The zero-order valence-electron chi connectivity index (χ0n) is 15.2. The second kappa shape index (κ2) is 10.0. The number of nitrogens with zero attached hydrogens (tertiary/aromatic N) is 1. The van der Waals surface area contributed by atoms with Crippen LogP contribution in [0.4, 0.5) is 5.69 Å². The third-order valence-corrected chi connectivity index (χ3v) is 5.48. The summed E-state index contributed by atoms with van der Waals surface area (Å²) in [6, 6.07) is 17.0. The summed E-state index contributed by atoms with van der Waals surface area (Å²) < 4.78 is 7.47. The Bertz CT molecular complexity index is 1130. The lowest BCUT2D eigenvalue weighted by atomic mass is 10.2. The van der Waals surface area contributed by atoms with Crippen LogP contribution < -0.4 is 15.9 Å². The smallest absolute Gasteiger partial charge is 0.343 e. The Morgan fingerprint density at radius 3 is 2.40 bits per heavy atom. The Balaban J connectivity index is 1.61. The Hall–Kier alpha value is -2.49. The van der Waals surface area contributed by atoms with Gasteiger partial charge in [-0.2, -0.15) is 5.10 Å². The minimum Gasteiger partial charge on any atom is -0.423 e. The van der Waals surface area contributed by atoms with Crippen LogP contribution in [0.3, 0.4) is 0 Å². The number of esters is 1. The van der Waals surface area contributed by atoms with Crippen molar-refractivity contribution in [1.29, 1.82) is 0 Å². The van der Waals surface area contributed by atoms with Gasteiger partial charge >= 0.3 is 5.97 Å². The van der Waals surface area contributed by atoms with Crippen molar-refractivity contribution in [3.8, 4) is 5.75 Å². The van der Waals surface area contributed by atoms with Gasteiger partial charge in [0.15, 0.2) is 0 Å². The fourth-order valence-corrected chi connectivity index (χ4v) is 4.03. The van der Waals surface area contributed by atoms with Crippen molar-refractivity contribution in [1.82, 2.24) is 5.43 Å². The molecule has 0 saturated carbocycles. The molecule has 9 heteroatoms. The molecule has 0 aliphatic carbocycles. The fraction of sp³-hybridized carbons (Fsp3) is 0. The van der Waals surface area contributed by atoms with E-state index in [2.05, 4.69) is 58.3 Å². The number of nitrogens with two attached hydrogens (primary N) is 1. The molecule has 0 saturated heterocycles. The number of nitrogen functional groups attached to an aromatic ring is 1. The maximum atomic E-state index is 12.3. The number of nitrogens with one attached hydrogen (secondary N) is 1. The summed E-state index contributed by atoms with van der Waals surface area (Å²) in [5.74, 6) is -0.499. The highest BCUT2D eigenvalue weighted by Crippen LogP contribution is 2.28. The lowest BCUT2D eigenvalue weighted by Gasteiger charge is -2.07. The lowest BCUT2D eigenvalue weighted by molar-refractivity contribution is 0.0734. The third kappa shape index (κ3) is 5.78. The van der Waals surface area contributed by atoms with Gasteiger partial charge in [0, 0.05) is 13.4 Å². The van der Waals surface area contributed by atoms with Gasteiger partial charge in [-0.15, -0.1) is 0 Å². The maximum Gasteiger partial charge on any atom is 0.343 e. The van der Waals surface area contributed by atoms with E-state index in [1.54, 1.807) is 54.6 Å². The molecule has 3 aromatic carbocycles. The molecular weight excluding hydrogens is 582 g/mol. The van der Waals surface area contributed by atoms with E-state index in [4.69, 9.17) is 10.5 Å². The minimum atomic E-state index is -0.456. The number of benzene rings is 3. The molecule has 0 atom stereocenters. The average Bonchev–Trinajstić information content (AvgIpc) is 2.71. The summed E-state index contributed by atoms with van der Waals surface area (Å²) in [5, 5.41) is 3.94. The summed E-state index contributed by atoms with van der Waals surface area (Å²) >= 11 is 9.94. The van der Waals surface area contributed by atoms with Crippen LogP contribution in [0.1, 0.15) is 26.3 Å². The number of amides is 1. The van der Waals surface area contributed by atoms with Crippen LogP contribution in [-0.2, 0) is 0 Å². The lowest BCUT2D eigenvalue weighted by Crippen LogP contribution is -2.19. The zero-order chi connectivity index (χ0) is 21.7. The molecule has 0 radical (unpaired) electrons. The van der Waals surface area contributed by atoms with Gasteiger partial charge in [-0.05, 0) is 76.1 Å². The average molecular weight is 596 g/mol. The quantitative estimate of drug-likeness (QED) is 0.133. The van der Waals surface area contributed by atoms with E-state index in [1.165, 1.54) is 6.21 Å². The van der Waals surface area contributed by atoms with Crippen molar-refractivity contribution >= 4 is 71.6 Å². The van der Waals surface area contributed by atoms with Crippen LogP contribution >= 0.6 is 47.8 Å². The largest absolute Gasteiger partial charge is 0.423 e. The van der Waals surface area contributed by atoms with E-state index < -0.39 is 11.9 Å². The molecule has 30 heavy (non-hydrogen) atoms. The van der Waals surface area contributed by atoms with E-state index in [1.807, 2.05) is 6.07 Å². The summed E-state index contributed by atoms with van der Waals surface area (Å²) in [7, 11) is 0.